The lowest BCUT2D eigenvalue weighted by Gasteiger charge is -2.16. The molecule has 0 fully saturated rings. The van der Waals surface area contributed by atoms with Crippen LogP contribution < -0.4 is 5.73 Å². The molecule has 1 heterocycles. The van der Waals surface area contributed by atoms with Gasteiger partial charge < -0.3 is 10.3 Å². The molecular formula is C16H23N3S. The lowest BCUT2D eigenvalue weighted by molar-refractivity contribution is 0.574. The van der Waals surface area contributed by atoms with Crippen molar-refractivity contribution < 1.29 is 0 Å². The predicted molar refractivity (Wildman–Crippen MR) is 86.9 cm³/mol. The number of aryl methyl sites for hydroxylation is 1. The van der Waals surface area contributed by atoms with Crippen molar-refractivity contribution in [3.05, 3.63) is 54.1 Å². The van der Waals surface area contributed by atoms with Gasteiger partial charge in [-0.2, -0.15) is 11.8 Å². The summed E-state index contributed by atoms with van der Waals surface area (Å²) in [5, 5.41) is 0.663. The number of rotatable bonds is 7. The molecule has 2 N–H and O–H groups in total. The Kier molecular flexibility index (Phi) is 5.68. The average molecular weight is 289 g/mol. The summed E-state index contributed by atoms with van der Waals surface area (Å²) in [5.74, 6) is 0. The fourth-order valence-corrected chi connectivity index (χ4v) is 2.58. The van der Waals surface area contributed by atoms with E-state index in [-0.39, 0.29) is 6.04 Å². The second-order valence-corrected chi connectivity index (χ2v) is 6.42. The molecule has 0 aliphatic carbocycles. The van der Waals surface area contributed by atoms with Crippen LogP contribution in [0.1, 0.15) is 30.6 Å². The van der Waals surface area contributed by atoms with E-state index in [0.717, 1.165) is 25.1 Å². The molecule has 4 heteroatoms. The zero-order valence-corrected chi connectivity index (χ0v) is 13.0. The van der Waals surface area contributed by atoms with Crippen LogP contribution >= 0.6 is 11.8 Å². The first-order valence-corrected chi connectivity index (χ1v) is 8.32. The van der Waals surface area contributed by atoms with Crippen LogP contribution in [0.4, 0.5) is 0 Å². The van der Waals surface area contributed by atoms with Crippen LogP contribution in [0.3, 0.4) is 0 Å². The van der Waals surface area contributed by atoms with Gasteiger partial charge in [-0.25, -0.2) is 4.98 Å². The van der Waals surface area contributed by atoms with E-state index in [4.69, 9.17) is 5.73 Å². The van der Waals surface area contributed by atoms with Gasteiger partial charge >= 0.3 is 0 Å². The van der Waals surface area contributed by atoms with Crippen molar-refractivity contribution in [3.8, 4) is 0 Å². The molecule has 1 unspecified atom stereocenters. The lowest BCUT2D eigenvalue weighted by Crippen LogP contribution is -2.18. The smallest absolute Gasteiger partial charge is 0.0948 e. The summed E-state index contributed by atoms with van der Waals surface area (Å²) in [6, 6.07) is 10.4. The topological polar surface area (TPSA) is 43.8 Å². The van der Waals surface area contributed by atoms with Crippen LogP contribution in [0.25, 0.3) is 0 Å². The third-order valence-corrected chi connectivity index (χ3v) is 4.64. The number of nitrogens with two attached hydrogens (primary N) is 1. The van der Waals surface area contributed by atoms with Gasteiger partial charge in [0.1, 0.15) is 0 Å². The maximum atomic E-state index is 6.35. The number of imidazole rings is 1. The Morgan fingerprint density at radius 2 is 2.05 bits per heavy atom. The van der Waals surface area contributed by atoms with Crippen LogP contribution in [0.15, 0.2) is 42.9 Å². The number of hydrogen-bond donors (Lipinski definition) is 1. The van der Waals surface area contributed by atoms with Crippen molar-refractivity contribution in [1.82, 2.24) is 9.55 Å². The Hall–Kier alpha value is -1.26. The second-order valence-electron chi connectivity index (χ2n) is 5.14. The van der Waals surface area contributed by atoms with Gasteiger partial charge in [0.15, 0.2) is 0 Å². The number of benzene rings is 1. The summed E-state index contributed by atoms with van der Waals surface area (Å²) in [5.41, 5.74) is 8.74. The second kappa shape index (κ2) is 7.50. The van der Waals surface area contributed by atoms with E-state index in [9.17, 15) is 0 Å². The molecule has 1 aromatic carbocycles. The van der Waals surface area contributed by atoms with Crippen LogP contribution in [0.5, 0.6) is 0 Å². The first-order valence-electron chi connectivity index (χ1n) is 7.03. The Balaban J connectivity index is 2.00. The summed E-state index contributed by atoms with van der Waals surface area (Å²) in [6.45, 7) is 3.24. The molecule has 0 radical (unpaired) electrons. The van der Waals surface area contributed by atoms with Crippen molar-refractivity contribution in [3.63, 3.8) is 0 Å². The third kappa shape index (κ3) is 4.12. The van der Waals surface area contributed by atoms with Crippen molar-refractivity contribution in [2.75, 3.05) is 6.26 Å². The largest absolute Gasteiger partial charge is 0.333 e. The van der Waals surface area contributed by atoms with E-state index >= 15 is 0 Å². The maximum Gasteiger partial charge on any atom is 0.0948 e. The van der Waals surface area contributed by atoms with Gasteiger partial charge in [-0.3, -0.25) is 0 Å². The minimum atomic E-state index is 0.00415. The molecule has 2 aromatic rings. The zero-order chi connectivity index (χ0) is 14.4. The van der Waals surface area contributed by atoms with E-state index in [2.05, 4.69) is 47.0 Å². The number of nitrogens with zero attached hydrogens (tertiary/aromatic N) is 2. The van der Waals surface area contributed by atoms with Crippen LogP contribution in [-0.2, 0) is 13.0 Å². The quantitative estimate of drug-likeness (QED) is 0.851. The molecule has 0 spiro atoms. The Morgan fingerprint density at radius 1 is 1.30 bits per heavy atom. The van der Waals surface area contributed by atoms with Gasteiger partial charge in [0.2, 0.25) is 0 Å². The minimum absolute atomic E-state index is 0.00415. The van der Waals surface area contributed by atoms with Crippen molar-refractivity contribution in [2.45, 2.75) is 37.6 Å². The molecule has 0 bridgehead atoms. The highest BCUT2D eigenvalue weighted by molar-refractivity contribution is 7.99. The summed E-state index contributed by atoms with van der Waals surface area (Å²) in [7, 11) is 0. The number of thioether (sulfide) groups is 1. The first kappa shape index (κ1) is 15.1. The van der Waals surface area contributed by atoms with Gasteiger partial charge in [0.05, 0.1) is 18.1 Å². The van der Waals surface area contributed by atoms with Crippen LogP contribution in [-0.4, -0.2) is 21.1 Å². The molecule has 2 atom stereocenters. The zero-order valence-electron chi connectivity index (χ0n) is 12.2. The molecule has 0 amide bonds. The van der Waals surface area contributed by atoms with Crippen molar-refractivity contribution >= 4 is 11.8 Å². The van der Waals surface area contributed by atoms with Gasteiger partial charge in [-0.15, -0.1) is 0 Å². The highest BCUT2D eigenvalue weighted by Crippen LogP contribution is 2.18. The van der Waals surface area contributed by atoms with E-state index in [1.807, 2.05) is 30.4 Å². The van der Waals surface area contributed by atoms with Crippen LogP contribution in [0.2, 0.25) is 0 Å². The normalized spacial score (nSPS) is 14.2. The highest BCUT2D eigenvalue weighted by Gasteiger charge is 2.12. The predicted octanol–water partition coefficient (Wildman–Crippen LogP) is 3.27. The SMILES string of the molecule is CSC(C)CCn1cncc1[C@H](N)Cc1ccccc1. The van der Waals surface area contributed by atoms with E-state index in [1.165, 1.54) is 5.56 Å². The van der Waals surface area contributed by atoms with Crippen LogP contribution in [0, 0.1) is 0 Å². The maximum absolute atomic E-state index is 6.35. The van der Waals surface area contributed by atoms with E-state index < -0.39 is 0 Å². The van der Waals surface area contributed by atoms with E-state index in [1.54, 1.807) is 0 Å². The Labute approximate surface area is 125 Å². The Bertz CT molecular complexity index is 509. The minimum Gasteiger partial charge on any atom is -0.333 e. The molecule has 0 saturated carbocycles. The van der Waals surface area contributed by atoms with Gasteiger partial charge in [-0.1, -0.05) is 37.3 Å². The fraction of sp³-hybridized carbons (Fsp3) is 0.438. The molecule has 20 heavy (non-hydrogen) atoms. The monoisotopic (exact) mass is 289 g/mol. The molecule has 1 aromatic heterocycles. The molecular weight excluding hydrogens is 266 g/mol. The van der Waals surface area contributed by atoms with Gasteiger partial charge in [0.25, 0.3) is 0 Å². The Morgan fingerprint density at radius 3 is 2.75 bits per heavy atom. The molecule has 108 valence electrons. The first-order chi connectivity index (χ1) is 9.70. The van der Waals surface area contributed by atoms with Crippen molar-refractivity contribution in [1.29, 1.82) is 0 Å². The van der Waals surface area contributed by atoms with Gasteiger partial charge in [0, 0.05) is 18.0 Å². The molecule has 3 nitrogen and oxygen atoms in total. The lowest BCUT2D eigenvalue weighted by atomic mass is 10.0. The van der Waals surface area contributed by atoms with Crippen molar-refractivity contribution in [2.24, 2.45) is 5.73 Å². The molecule has 0 aliphatic rings. The summed E-state index contributed by atoms with van der Waals surface area (Å²) >= 11 is 1.90. The third-order valence-electron chi connectivity index (χ3n) is 3.60. The molecule has 0 saturated heterocycles. The fourth-order valence-electron chi connectivity index (χ4n) is 2.24. The summed E-state index contributed by atoms with van der Waals surface area (Å²) in [6.07, 6.45) is 7.94. The van der Waals surface area contributed by atoms with E-state index in [0.29, 0.717) is 5.25 Å². The molecule has 2 rings (SSSR count). The average Bonchev–Trinajstić information content (AvgIpc) is 2.94. The standard InChI is InChI=1S/C16H23N3S/c1-13(20-2)8-9-19-12-18-11-16(19)15(17)10-14-6-4-3-5-7-14/h3-7,11-13,15H,8-10,17H2,1-2H3/t13?,15-/m1/s1. The summed E-state index contributed by atoms with van der Waals surface area (Å²) in [4.78, 5) is 4.26. The number of hydrogen-bond acceptors (Lipinski definition) is 3. The molecule has 0 aliphatic heterocycles. The highest BCUT2D eigenvalue weighted by atomic mass is 32.2. The number of aromatic nitrogens is 2. The van der Waals surface area contributed by atoms with Gasteiger partial charge in [-0.05, 0) is 24.7 Å². The summed E-state index contributed by atoms with van der Waals surface area (Å²) < 4.78 is 2.19.